The van der Waals surface area contributed by atoms with Crippen LogP contribution in [0.15, 0.2) is 29.2 Å². The van der Waals surface area contributed by atoms with E-state index >= 15 is 0 Å². The van der Waals surface area contributed by atoms with Gasteiger partial charge in [0.25, 0.3) is 5.69 Å². The molecule has 0 saturated heterocycles. The Morgan fingerprint density at radius 2 is 1.84 bits per heavy atom. The van der Waals surface area contributed by atoms with E-state index in [1.54, 1.807) is 0 Å². The molecule has 106 valence electrons. The van der Waals surface area contributed by atoms with Crippen molar-refractivity contribution in [3.8, 4) is 0 Å². The molecule has 1 unspecified atom stereocenters. The Bertz CT molecular complexity index is 540. The van der Waals surface area contributed by atoms with Crippen molar-refractivity contribution in [2.45, 2.75) is 24.8 Å². The number of nitro benzene ring substituents is 1. The van der Waals surface area contributed by atoms with Gasteiger partial charge in [-0.3, -0.25) is 10.1 Å². The lowest BCUT2D eigenvalue weighted by Crippen LogP contribution is -2.43. The van der Waals surface area contributed by atoms with E-state index in [0.717, 1.165) is 12.1 Å². The Morgan fingerprint density at radius 1 is 1.32 bits per heavy atom. The van der Waals surface area contributed by atoms with Crippen molar-refractivity contribution in [3.63, 3.8) is 0 Å². The Morgan fingerprint density at radius 3 is 2.21 bits per heavy atom. The fraction of sp³-hybridized carbons (Fsp3) is 0.455. The molecule has 0 aliphatic carbocycles. The molecule has 0 bridgehead atoms. The van der Waals surface area contributed by atoms with Crippen LogP contribution in [0.1, 0.15) is 13.8 Å². The molecule has 1 rings (SSSR count). The lowest BCUT2D eigenvalue weighted by atomic mass is 10.1. The standard InChI is InChI=1S/C11H17N3O4S/c1-8(2)11(7-12)13-19(17,18)10-5-3-9(4-6-10)14(15)16/h3-6,8,11,13H,7,12H2,1-2H3. The molecule has 7 nitrogen and oxygen atoms in total. The summed E-state index contributed by atoms with van der Waals surface area (Å²) in [4.78, 5) is 9.90. The predicted octanol–water partition coefficient (Wildman–Crippen LogP) is 0.856. The Labute approximate surface area is 112 Å². The molecule has 0 aromatic heterocycles. The molecule has 0 radical (unpaired) electrons. The van der Waals surface area contributed by atoms with Crippen LogP contribution in [0.25, 0.3) is 0 Å². The van der Waals surface area contributed by atoms with Crippen LogP contribution in [0.4, 0.5) is 5.69 Å². The summed E-state index contributed by atoms with van der Waals surface area (Å²) in [6, 6.07) is 4.34. The van der Waals surface area contributed by atoms with Crippen LogP contribution in [0.5, 0.6) is 0 Å². The second kappa shape index (κ2) is 6.09. The zero-order valence-electron chi connectivity index (χ0n) is 10.7. The molecule has 3 N–H and O–H groups in total. The van der Waals surface area contributed by atoms with Crippen LogP contribution in [-0.2, 0) is 10.0 Å². The molecule has 0 fully saturated rings. The summed E-state index contributed by atoms with van der Waals surface area (Å²) >= 11 is 0. The summed E-state index contributed by atoms with van der Waals surface area (Å²) < 4.78 is 26.6. The Hall–Kier alpha value is -1.51. The van der Waals surface area contributed by atoms with Gasteiger partial charge in [-0.1, -0.05) is 13.8 Å². The van der Waals surface area contributed by atoms with Gasteiger partial charge >= 0.3 is 0 Å². The third-order valence-corrected chi connectivity index (χ3v) is 4.23. The SMILES string of the molecule is CC(C)C(CN)NS(=O)(=O)c1ccc([N+](=O)[O-])cc1. The van der Waals surface area contributed by atoms with Gasteiger partial charge in [0.05, 0.1) is 9.82 Å². The highest BCUT2D eigenvalue weighted by molar-refractivity contribution is 7.89. The number of nitro groups is 1. The van der Waals surface area contributed by atoms with Crippen LogP contribution in [0, 0.1) is 16.0 Å². The molecule has 0 aliphatic heterocycles. The average Bonchev–Trinajstić information content (AvgIpc) is 2.35. The van der Waals surface area contributed by atoms with Crippen LogP contribution in [0.2, 0.25) is 0 Å². The van der Waals surface area contributed by atoms with Crippen molar-refractivity contribution < 1.29 is 13.3 Å². The van der Waals surface area contributed by atoms with Gasteiger partial charge in [-0.25, -0.2) is 13.1 Å². The Balaban J connectivity index is 2.97. The normalized spacial score (nSPS) is 13.5. The smallest absolute Gasteiger partial charge is 0.269 e. The summed E-state index contributed by atoms with van der Waals surface area (Å²) in [5.41, 5.74) is 5.35. The summed E-state index contributed by atoms with van der Waals surface area (Å²) in [7, 11) is -3.71. The number of nitrogens with two attached hydrogens (primary N) is 1. The molecule has 0 aliphatic rings. The second-order valence-electron chi connectivity index (χ2n) is 4.46. The van der Waals surface area contributed by atoms with Crippen molar-refractivity contribution in [2.24, 2.45) is 11.7 Å². The van der Waals surface area contributed by atoms with Crippen LogP contribution >= 0.6 is 0 Å². The second-order valence-corrected chi connectivity index (χ2v) is 6.17. The molecule has 0 amide bonds. The molecule has 0 spiro atoms. The largest absolute Gasteiger partial charge is 0.329 e. The number of benzene rings is 1. The average molecular weight is 287 g/mol. The van der Waals surface area contributed by atoms with Crippen LogP contribution < -0.4 is 10.5 Å². The number of rotatable bonds is 6. The lowest BCUT2D eigenvalue weighted by molar-refractivity contribution is -0.384. The molecular weight excluding hydrogens is 270 g/mol. The maximum Gasteiger partial charge on any atom is 0.269 e. The topological polar surface area (TPSA) is 115 Å². The van der Waals surface area contributed by atoms with Gasteiger partial charge in [0.1, 0.15) is 0 Å². The molecule has 1 aromatic carbocycles. The van der Waals surface area contributed by atoms with Gasteiger partial charge in [0, 0.05) is 24.7 Å². The summed E-state index contributed by atoms with van der Waals surface area (Å²) in [6.07, 6.45) is 0. The van der Waals surface area contributed by atoms with E-state index in [1.807, 2.05) is 13.8 Å². The van der Waals surface area contributed by atoms with Crippen molar-refractivity contribution in [1.29, 1.82) is 0 Å². The quantitative estimate of drug-likeness (QED) is 0.594. The molecular formula is C11H17N3O4S. The summed E-state index contributed by atoms with van der Waals surface area (Å²) in [5, 5.41) is 10.5. The third kappa shape index (κ3) is 3.98. The first-order chi connectivity index (χ1) is 8.77. The fourth-order valence-electron chi connectivity index (χ4n) is 1.47. The number of hydrogen-bond acceptors (Lipinski definition) is 5. The highest BCUT2D eigenvalue weighted by atomic mass is 32.2. The van der Waals surface area contributed by atoms with E-state index in [9.17, 15) is 18.5 Å². The number of non-ortho nitro benzene ring substituents is 1. The minimum Gasteiger partial charge on any atom is -0.329 e. The van der Waals surface area contributed by atoms with Gasteiger partial charge < -0.3 is 5.73 Å². The number of sulfonamides is 1. The van der Waals surface area contributed by atoms with Gasteiger partial charge in [0.15, 0.2) is 0 Å². The summed E-state index contributed by atoms with van der Waals surface area (Å²) in [6.45, 7) is 3.90. The molecule has 1 aromatic rings. The maximum atomic E-state index is 12.1. The highest BCUT2D eigenvalue weighted by Crippen LogP contribution is 2.16. The van der Waals surface area contributed by atoms with Gasteiger partial charge in [-0.2, -0.15) is 0 Å². The first kappa shape index (κ1) is 15.5. The van der Waals surface area contributed by atoms with Crippen molar-refractivity contribution in [3.05, 3.63) is 34.4 Å². The third-order valence-electron chi connectivity index (χ3n) is 2.72. The zero-order valence-corrected chi connectivity index (χ0v) is 11.6. The molecule has 0 saturated carbocycles. The van der Waals surface area contributed by atoms with E-state index in [4.69, 9.17) is 5.73 Å². The highest BCUT2D eigenvalue weighted by Gasteiger charge is 2.21. The van der Waals surface area contributed by atoms with Crippen LogP contribution in [0.3, 0.4) is 0 Å². The van der Waals surface area contributed by atoms with Crippen molar-refractivity contribution in [2.75, 3.05) is 6.54 Å². The number of nitrogens with one attached hydrogen (secondary N) is 1. The van der Waals surface area contributed by atoms with Crippen LogP contribution in [-0.4, -0.2) is 25.9 Å². The van der Waals surface area contributed by atoms with E-state index < -0.39 is 14.9 Å². The number of hydrogen-bond donors (Lipinski definition) is 2. The first-order valence-corrected chi connectivity index (χ1v) is 7.23. The van der Waals surface area contributed by atoms with Crippen molar-refractivity contribution in [1.82, 2.24) is 4.72 Å². The van der Waals surface area contributed by atoms with E-state index in [2.05, 4.69) is 4.72 Å². The molecule has 8 heteroatoms. The minimum absolute atomic E-state index is 0.0165. The monoisotopic (exact) mass is 287 g/mol. The van der Waals surface area contributed by atoms with Gasteiger partial charge in [-0.15, -0.1) is 0 Å². The van der Waals surface area contributed by atoms with E-state index in [0.29, 0.717) is 0 Å². The zero-order chi connectivity index (χ0) is 14.6. The number of nitrogens with zero attached hydrogens (tertiary/aromatic N) is 1. The van der Waals surface area contributed by atoms with Gasteiger partial charge in [-0.05, 0) is 18.1 Å². The molecule has 19 heavy (non-hydrogen) atoms. The predicted molar refractivity (Wildman–Crippen MR) is 71.1 cm³/mol. The Kier molecular flexibility index (Phi) is 4.98. The maximum absolute atomic E-state index is 12.1. The van der Waals surface area contributed by atoms with E-state index in [-0.39, 0.29) is 29.1 Å². The lowest BCUT2D eigenvalue weighted by Gasteiger charge is -2.20. The fourth-order valence-corrected chi connectivity index (χ4v) is 2.87. The van der Waals surface area contributed by atoms with Crippen molar-refractivity contribution >= 4 is 15.7 Å². The summed E-state index contributed by atoms with van der Waals surface area (Å²) in [5.74, 6) is 0.0535. The van der Waals surface area contributed by atoms with Gasteiger partial charge in [0.2, 0.25) is 10.0 Å². The van der Waals surface area contributed by atoms with E-state index in [1.165, 1.54) is 12.1 Å². The minimum atomic E-state index is -3.71. The molecule has 1 atom stereocenters. The first-order valence-electron chi connectivity index (χ1n) is 5.74. The molecule has 0 heterocycles.